The van der Waals surface area contributed by atoms with E-state index in [4.69, 9.17) is 25.3 Å². The summed E-state index contributed by atoms with van der Waals surface area (Å²) in [5.41, 5.74) is 0. The molecule has 0 aromatic rings. The van der Waals surface area contributed by atoms with Crippen molar-refractivity contribution in [1.29, 1.82) is 0 Å². The standard InChI is InChI=1S/C6H12O7/c7-1-2-3(8)4(9)5(10)6(12-2)13-11/h2-11H,1H2/t2-,3-,4+,5-,6?/m1/s1. The number of aliphatic hydroxyl groups excluding tert-OH is 4. The number of aliphatic hydroxyl groups is 4. The van der Waals surface area contributed by atoms with E-state index in [0.29, 0.717) is 0 Å². The second-order valence-corrected chi connectivity index (χ2v) is 2.80. The molecule has 7 heteroatoms. The van der Waals surface area contributed by atoms with Crippen molar-refractivity contribution in [2.24, 2.45) is 0 Å². The maximum atomic E-state index is 9.19. The monoisotopic (exact) mass is 196 g/mol. The van der Waals surface area contributed by atoms with Gasteiger partial charge in [-0.15, -0.1) is 0 Å². The Morgan fingerprint density at radius 3 is 2.15 bits per heavy atom. The van der Waals surface area contributed by atoms with Crippen molar-refractivity contribution in [2.45, 2.75) is 30.7 Å². The van der Waals surface area contributed by atoms with E-state index in [1.54, 1.807) is 0 Å². The molecule has 1 saturated heterocycles. The molecule has 0 aliphatic carbocycles. The number of rotatable bonds is 2. The zero-order valence-electron chi connectivity index (χ0n) is 6.65. The highest BCUT2D eigenvalue weighted by molar-refractivity contribution is 4.88. The molecule has 1 aliphatic rings. The van der Waals surface area contributed by atoms with Gasteiger partial charge in [0, 0.05) is 0 Å². The first-order valence-electron chi connectivity index (χ1n) is 3.72. The van der Waals surface area contributed by atoms with Gasteiger partial charge in [-0.2, -0.15) is 0 Å². The molecule has 0 spiro atoms. The van der Waals surface area contributed by atoms with Gasteiger partial charge in [-0.1, -0.05) is 0 Å². The van der Waals surface area contributed by atoms with Crippen LogP contribution in [0.4, 0.5) is 0 Å². The molecular formula is C6H12O7. The van der Waals surface area contributed by atoms with Crippen LogP contribution < -0.4 is 0 Å². The van der Waals surface area contributed by atoms with E-state index in [9.17, 15) is 5.11 Å². The summed E-state index contributed by atoms with van der Waals surface area (Å²) in [6, 6.07) is 0. The van der Waals surface area contributed by atoms with Gasteiger partial charge in [-0.25, -0.2) is 10.1 Å². The molecule has 0 aromatic carbocycles. The van der Waals surface area contributed by atoms with Crippen LogP contribution in [0.3, 0.4) is 0 Å². The molecule has 0 amide bonds. The molecule has 0 saturated carbocycles. The van der Waals surface area contributed by atoms with E-state index in [-0.39, 0.29) is 0 Å². The molecular weight excluding hydrogens is 184 g/mol. The molecule has 78 valence electrons. The first-order chi connectivity index (χ1) is 6.11. The molecule has 7 nitrogen and oxygen atoms in total. The Labute approximate surface area is 73.7 Å². The van der Waals surface area contributed by atoms with E-state index in [1.807, 2.05) is 0 Å². The average molecular weight is 196 g/mol. The van der Waals surface area contributed by atoms with Gasteiger partial charge in [-0.05, 0) is 0 Å². The Morgan fingerprint density at radius 1 is 1.08 bits per heavy atom. The molecule has 1 fully saturated rings. The minimum atomic E-state index is -1.55. The highest BCUT2D eigenvalue weighted by atomic mass is 17.1. The van der Waals surface area contributed by atoms with Crippen molar-refractivity contribution in [3.05, 3.63) is 0 Å². The SMILES string of the molecule is OC[C@H]1OC(OO)[C@H](O)[C@@H](O)[C@@H]1O. The van der Waals surface area contributed by atoms with Gasteiger partial charge in [0.05, 0.1) is 6.61 Å². The second kappa shape index (κ2) is 4.29. The summed E-state index contributed by atoms with van der Waals surface area (Å²) in [5.74, 6) is 0. The van der Waals surface area contributed by atoms with Crippen LogP contribution in [-0.4, -0.2) is 63.0 Å². The van der Waals surface area contributed by atoms with E-state index >= 15 is 0 Å². The van der Waals surface area contributed by atoms with Gasteiger partial charge < -0.3 is 25.2 Å². The van der Waals surface area contributed by atoms with Crippen molar-refractivity contribution in [3.63, 3.8) is 0 Å². The summed E-state index contributed by atoms with van der Waals surface area (Å²) in [4.78, 5) is 3.70. The van der Waals surface area contributed by atoms with Gasteiger partial charge in [0.2, 0.25) is 6.29 Å². The van der Waals surface area contributed by atoms with Gasteiger partial charge in [0.25, 0.3) is 0 Å². The first-order valence-corrected chi connectivity index (χ1v) is 3.72. The zero-order valence-corrected chi connectivity index (χ0v) is 6.65. The molecule has 0 aromatic heterocycles. The Balaban J connectivity index is 2.66. The van der Waals surface area contributed by atoms with Crippen molar-refractivity contribution >= 4 is 0 Å². The molecule has 0 radical (unpaired) electrons. The lowest BCUT2D eigenvalue weighted by Gasteiger charge is -2.37. The zero-order chi connectivity index (χ0) is 10.0. The fraction of sp³-hybridized carbons (Fsp3) is 1.00. The van der Waals surface area contributed by atoms with Gasteiger partial charge in [0.15, 0.2) is 0 Å². The fourth-order valence-electron chi connectivity index (χ4n) is 1.15. The Kier molecular flexibility index (Phi) is 3.56. The predicted octanol–water partition coefficient (Wildman–Crippen LogP) is -2.72. The molecule has 1 heterocycles. The van der Waals surface area contributed by atoms with Crippen molar-refractivity contribution < 1.29 is 35.3 Å². The van der Waals surface area contributed by atoms with E-state index in [1.165, 1.54) is 0 Å². The summed E-state index contributed by atoms with van der Waals surface area (Å²) in [6.45, 7) is -0.551. The summed E-state index contributed by atoms with van der Waals surface area (Å²) in [6.07, 6.45) is -7.04. The smallest absolute Gasteiger partial charge is 0.220 e. The van der Waals surface area contributed by atoms with Crippen LogP contribution in [0, 0.1) is 0 Å². The van der Waals surface area contributed by atoms with Crippen molar-refractivity contribution in [2.75, 3.05) is 6.61 Å². The van der Waals surface area contributed by atoms with Crippen LogP contribution in [0.1, 0.15) is 0 Å². The van der Waals surface area contributed by atoms with Crippen LogP contribution in [-0.2, 0) is 9.62 Å². The second-order valence-electron chi connectivity index (χ2n) is 2.80. The molecule has 1 unspecified atom stereocenters. The van der Waals surface area contributed by atoms with Gasteiger partial charge in [-0.3, -0.25) is 0 Å². The highest BCUT2D eigenvalue weighted by Crippen LogP contribution is 2.20. The van der Waals surface area contributed by atoms with E-state index < -0.39 is 37.3 Å². The summed E-state index contributed by atoms with van der Waals surface area (Å²) < 4.78 is 4.70. The lowest BCUT2D eigenvalue weighted by Crippen LogP contribution is -2.58. The molecule has 1 rings (SSSR count). The van der Waals surface area contributed by atoms with E-state index in [2.05, 4.69) is 4.89 Å². The van der Waals surface area contributed by atoms with Crippen molar-refractivity contribution in [1.82, 2.24) is 0 Å². The average Bonchev–Trinajstić information content (AvgIpc) is 2.15. The normalized spacial score (nSPS) is 46.4. The van der Waals surface area contributed by atoms with Crippen LogP contribution in [0.15, 0.2) is 0 Å². The van der Waals surface area contributed by atoms with Crippen molar-refractivity contribution in [3.8, 4) is 0 Å². The quantitative estimate of drug-likeness (QED) is 0.240. The third-order valence-corrected chi connectivity index (χ3v) is 1.95. The molecule has 5 N–H and O–H groups in total. The molecule has 5 atom stereocenters. The summed E-state index contributed by atoms with van der Waals surface area (Å²) in [5, 5.41) is 44.4. The number of hydrogen-bond acceptors (Lipinski definition) is 7. The Bertz CT molecular complexity index is 143. The third kappa shape index (κ3) is 1.97. The maximum absolute atomic E-state index is 9.19. The fourth-order valence-corrected chi connectivity index (χ4v) is 1.15. The Hall–Kier alpha value is -0.280. The number of ether oxygens (including phenoxy) is 1. The minimum absolute atomic E-state index is 0.551. The minimum Gasteiger partial charge on any atom is -0.394 e. The van der Waals surface area contributed by atoms with E-state index in [0.717, 1.165) is 0 Å². The maximum Gasteiger partial charge on any atom is 0.220 e. The van der Waals surface area contributed by atoms with Gasteiger partial charge in [0.1, 0.15) is 24.4 Å². The third-order valence-electron chi connectivity index (χ3n) is 1.95. The lowest BCUT2D eigenvalue weighted by atomic mass is 9.99. The van der Waals surface area contributed by atoms with Crippen LogP contribution >= 0.6 is 0 Å². The Morgan fingerprint density at radius 2 is 1.69 bits per heavy atom. The molecule has 13 heavy (non-hydrogen) atoms. The predicted molar refractivity (Wildman–Crippen MR) is 37.5 cm³/mol. The summed E-state index contributed by atoms with van der Waals surface area (Å²) in [7, 11) is 0. The number of hydrogen-bond donors (Lipinski definition) is 5. The largest absolute Gasteiger partial charge is 0.394 e. The van der Waals surface area contributed by atoms with Crippen LogP contribution in [0.25, 0.3) is 0 Å². The first kappa shape index (κ1) is 10.8. The highest BCUT2D eigenvalue weighted by Gasteiger charge is 2.44. The van der Waals surface area contributed by atoms with Crippen LogP contribution in [0.2, 0.25) is 0 Å². The molecule has 1 aliphatic heterocycles. The molecule has 0 bridgehead atoms. The van der Waals surface area contributed by atoms with Crippen LogP contribution in [0.5, 0.6) is 0 Å². The topological polar surface area (TPSA) is 120 Å². The summed E-state index contributed by atoms with van der Waals surface area (Å²) >= 11 is 0. The van der Waals surface area contributed by atoms with Gasteiger partial charge >= 0.3 is 0 Å². The lowest BCUT2D eigenvalue weighted by molar-refractivity contribution is -0.404.